The molecule has 0 spiro atoms. The van der Waals surface area contributed by atoms with Crippen LogP contribution in [-0.4, -0.2) is 26.3 Å². The molecule has 0 aromatic heterocycles. The lowest BCUT2D eigenvalue weighted by molar-refractivity contribution is 0.0941. The predicted molar refractivity (Wildman–Crippen MR) is 130 cm³/mol. The SMILES string of the molecule is Cc1ccc(S(=O)(=O)NCc2ccccc2)cc1C(=O)NCc1ccc(C(=O)NC2CC2)cc1. The van der Waals surface area contributed by atoms with Crippen LogP contribution in [0.2, 0.25) is 0 Å². The monoisotopic (exact) mass is 477 g/mol. The molecule has 3 aromatic carbocycles. The quantitative estimate of drug-likeness (QED) is 0.440. The molecule has 176 valence electrons. The number of aryl methyl sites for hydroxylation is 1. The van der Waals surface area contributed by atoms with Crippen molar-refractivity contribution in [2.45, 2.75) is 43.8 Å². The van der Waals surface area contributed by atoms with E-state index in [2.05, 4.69) is 15.4 Å². The molecule has 0 aliphatic heterocycles. The highest BCUT2D eigenvalue weighted by atomic mass is 32.2. The van der Waals surface area contributed by atoms with Crippen LogP contribution in [0.25, 0.3) is 0 Å². The van der Waals surface area contributed by atoms with Crippen LogP contribution in [0.5, 0.6) is 0 Å². The summed E-state index contributed by atoms with van der Waals surface area (Å²) in [6, 6.07) is 21.1. The molecule has 1 fully saturated rings. The number of sulfonamides is 1. The van der Waals surface area contributed by atoms with Crippen LogP contribution in [0, 0.1) is 6.92 Å². The van der Waals surface area contributed by atoms with Crippen LogP contribution in [0.3, 0.4) is 0 Å². The van der Waals surface area contributed by atoms with Gasteiger partial charge in [-0.05, 0) is 60.7 Å². The van der Waals surface area contributed by atoms with Gasteiger partial charge in [0, 0.05) is 30.3 Å². The molecule has 34 heavy (non-hydrogen) atoms. The second kappa shape index (κ2) is 10.2. The summed E-state index contributed by atoms with van der Waals surface area (Å²) < 4.78 is 28.1. The summed E-state index contributed by atoms with van der Waals surface area (Å²) in [6.45, 7) is 2.18. The summed E-state index contributed by atoms with van der Waals surface area (Å²) in [6.07, 6.45) is 2.06. The molecule has 1 saturated carbocycles. The van der Waals surface area contributed by atoms with E-state index in [0.29, 0.717) is 22.7 Å². The zero-order valence-corrected chi connectivity index (χ0v) is 19.7. The third kappa shape index (κ3) is 6.09. The number of amides is 2. The molecule has 0 radical (unpaired) electrons. The van der Waals surface area contributed by atoms with E-state index in [1.807, 2.05) is 30.3 Å². The standard InChI is InChI=1S/C26H27N3O4S/c1-18-7-14-23(34(32,33)28-17-19-5-3-2-4-6-19)15-24(18)26(31)27-16-20-8-10-21(11-9-20)25(30)29-22-12-13-22/h2-11,14-15,22,28H,12-13,16-17H2,1H3,(H,27,31)(H,29,30). The number of carbonyl (C=O) groups is 2. The minimum Gasteiger partial charge on any atom is -0.349 e. The average Bonchev–Trinajstić information content (AvgIpc) is 3.66. The molecule has 0 unspecified atom stereocenters. The molecule has 0 saturated heterocycles. The van der Waals surface area contributed by atoms with Gasteiger partial charge in [0.15, 0.2) is 0 Å². The van der Waals surface area contributed by atoms with Crippen LogP contribution < -0.4 is 15.4 Å². The Morgan fingerprint density at radius 1 is 0.853 bits per heavy atom. The van der Waals surface area contributed by atoms with Crippen LogP contribution in [-0.2, 0) is 23.1 Å². The fraction of sp³-hybridized carbons (Fsp3) is 0.231. The number of hydrogen-bond donors (Lipinski definition) is 3. The fourth-order valence-electron chi connectivity index (χ4n) is 3.42. The zero-order chi connectivity index (χ0) is 24.1. The van der Waals surface area contributed by atoms with Crippen molar-refractivity contribution in [3.05, 3.63) is 101 Å². The summed E-state index contributed by atoms with van der Waals surface area (Å²) in [5.41, 5.74) is 3.22. The van der Waals surface area contributed by atoms with Crippen LogP contribution in [0.15, 0.2) is 77.7 Å². The van der Waals surface area contributed by atoms with E-state index in [-0.39, 0.29) is 29.8 Å². The maximum absolute atomic E-state index is 12.8. The van der Waals surface area contributed by atoms with E-state index in [1.54, 1.807) is 37.3 Å². The van der Waals surface area contributed by atoms with Gasteiger partial charge in [-0.2, -0.15) is 0 Å². The first-order valence-corrected chi connectivity index (χ1v) is 12.6. The van der Waals surface area contributed by atoms with Crippen molar-refractivity contribution in [1.82, 2.24) is 15.4 Å². The highest BCUT2D eigenvalue weighted by Crippen LogP contribution is 2.20. The number of benzene rings is 3. The van der Waals surface area contributed by atoms with Gasteiger partial charge in [0.25, 0.3) is 11.8 Å². The summed E-state index contributed by atoms with van der Waals surface area (Å²) >= 11 is 0. The van der Waals surface area contributed by atoms with Gasteiger partial charge in [-0.25, -0.2) is 13.1 Å². The van der Waals surface area contributed by atoms with Gasteiger partial charge in [-0.3, -0.25) is 9.59 Å². The first-order valence-electron chi connectivity index (χ1n) is 11.1. The van der Waals surface area contributed by atoms with Crippen molar-refractivity contribution in [2.24, 2.45) is 0 Å². The van der Waals surface area contributed by atoms with E-state index in [0.717, 1.165) is 24.0 Å². The Hall–Kier alpha value is -3.49. The number of carbonyl (C=O) groups excluding carboxylic acids is 2. The Morgan fingerprint density at radius 2 is 1.53 bits per heavy atom. The molecule has 2 amide bonds. The van der Waals surface area contributed by atoms with Crippen LogP contribution in [0.4, 0.5) is 0 Å². The topological polar surface area (TPSA) is 104 Å². The first-order chi connectivity index (χ1) is 16.3. The summed E-state index contributed by atoms with van der Waals surface area (Å²) in [5.74, 6) is -0.458. The predicted octanol–water partition coefficient (Wildman–Crippen LogP) is 3.30. The Morgan fingerprint density at radius 3 is 2.21 bits per heavy atom. The molecule has 3 aromatic rings. The Kier molecular flexibility index (Phi) is 7.09. The molecule has 0 bridgehead atoms. The Bertz CT molecular complexity index is 1290. The van der Waals surface area contributed by atoms with Crippen molar-refractivity contribution in [2.75, 3.05) is 0 Å². The summed E-state index contributed by atoms with van der Waals surface area (Å²) in [4.78, 5) is 24.9. The highest BCUT2D eigenvalue weighted by molar-refractivity contribution is 7.89. The second-order valence-electron chi connectivity index (χ2n) is 8.41. The molecule has 8 heteroatoms. The maximum atomic E-state index is 12.8. The van der Waals surface area contributed by atoms with Crippen molar-refractivity contribution >= 4 is 21.8 Å². The van der Waals surface area contributed by atoms with Crippen LogP contribution in [0.1, 0.15) is 50.2 Å². The maximum Gasteiger partial charge on any atom is 0.251 e. The van der Waals surface area contributed by atoms with Gasteiger partial charge >= 0.3 is 0 Å². The van der Waals surface area contributed by atoms with Crippen molar-refractivity contribution in [1.29, 1.82) is 0 Å². The van der Waals surface area contributed by atoms with E-state index >= 15 is 0 Å². The molecule has 1 aliphatic carbocycles. The minimum absolute atomic E-state index is 0.0326. The molecule has 7 nitrogen and oxygen atoms in total. The largest absolute Gasteiger partial charge is 0.349 e. The molecule has 1 aliphatic rings. The van der Waals surface area contributed by atoms with E-state index in [1.165, 1.54) is 12.1 Å². The van der Waals surface area contributed by atoms with Crippen LogP contribution >= 0.6 is 0 Å². The number of nitrogens with one attached hydrogen (secondary N) is 3. The van der Waals surface area contributed by atoms with Crippen molar-refractivity contribution in [3.63, 3.8) is 0 Å². The molecule has 4 rings (SSSR count). The Balaban J connectivity index is 1.39. The zero-order valence-electron chi connectivity index (χ0n) is 18.9. The third-order valence-corrected chi connectivity index (χ3v) is 7.05. The fourth-order valence-corrected chi connectivity index (χ4v) is 4.46. The summed E-state index contributed by atoms with van der Waals surface area (Å²) in [7, 11) is -3.78. The molecule has 0 atom stereocenters. The van der Waals surface area contributed by atoms with Crippen molar-refractivity contribution in [3.8, 4) is 0 Å². The molecule has 3 N–H and O–H groups in total. The molecular weight excluding hydrogens is 450 g/mol. The van der Waals surface area contributed by atoms with Gasteiger partial charge in [-0.1, -0.05) is 48.5 Å². The highest BCUT2D eigenvalue weighted by Gasteiger charge is 2.23. The van der Waals surface area contributed by atoms with Gasteiger partial charge in [0.05, 0.1) is 4.90 Å². The number of rotatable bonds is 9. The Labute approximate surface area is 199 Å². The lowest BCUT2D eigenvalue weighted by Gasteiger charge is -2.12. The smallest absolute Gasteiger partial charge is 0.251 e. The minimum atomic E-state index is -3.78. The van der Waals surface area contributed by atoms with E-state index in [9.17, 15) is 18.0 Å². The normalized spacial score (nSPS) is 13.3. The second-order valence-corrected chi connectivity index (χ2v) is 10.2. The molecular formula is C26H27N3O4S. The van der Waals surface area contributed by atoms with Gasteiger partial charge in [0.1, 0.15) is 0 Å². The third-order valence-electron chi connectivity index (χ3n) is 5.65. The summed E-state index contributed by atoms with van der Waals surface area (Å²) in [5, 5.41) is 5.77. The van der Waals surface area contributed by atoms with E-state index < -0.39 is 10.0 Å². The van der Waals surface area contributed by atoms with E-state index in [4.69, 9.17) is 0 Å². The lowest BCUT2D eigenvalue weighted by atomic mass is 10.1. The van der Waals surface area contributed by atoms with Gasteiger partial charge < -0.3 is 10.6 Å². The van der Waals surface area contributed by atoms with Crippen molar-refractivity contribution < 1.29 is 18.0 Å². The first kappa shape index (κ1) is 23.7. The lowest BCUT2D eigenvalue weighted by Crippen LogP contribution is -2.26. The molecule has 0 heterocycles. The number of hydrogen-bond acceptors (Lipinski definition) is 4. The van der Waals surface area contributed by atoms with Gasteiger partial charge in [-0.15, -0.1) is 0 Å². The van der Waals surface area contributed by atoms with Gasteiger partial charge in [0.2, 0.25) is 10.0 Å². The average molecular weight is 478 g/mol.